The van der Waals surface area contributed by atoms with Gasteiger partial charge < -0.3 is 5.32 Å². The number of hydrogen-bond donors (Lipinski definition) is 1. The standard InChI is InChI=1S/C24H19F3N6O2S2/c25-24(26,27)16-5-3-4-15(10-16)12-32-14-29-21-17(22(32)35)11-30-33(21)9-8-28-20(34)13-36-23-31-18-6-1-2-7-19(18)37-23/h1-7,10-11,14H,8-9,12-13H2,(H,28,34). The second-order valence-electron chi connectivity index (χ2n) is 8.07. The van der Waals surface area contributed by atoms with Gasteiger partial charge >= 0.3 is 6.18 Å². The SMILES string of the molecule is O=C(CSc1nc2ccccc2s1)NCCn1ncc2c(=O)n(Cc3cccc(C(F)(F)F)c3)cnc21. The first-order valence-corrected chi connectivity index (χ1v) is 12.9. The van der Waals surface area contributed by atoms with Crippen LogP contribution in [0.5, 0.6) is 0 Å². The first-order valence-electron chi connectivity index (χ1n) is 11.1. The third kappa shape index (κ3) is 5.67. The minimum atomic E-state index is -4.46. The molecular formula is C24H19F3N6O2S2. The van der Waals surface area contributed by atoms with Crippen LogP contribution in [-0.4, -0.2) is 42.5 Å². The van der Waals surface area contributed by atoms with Gasteiger partial charge in [-0.25, -0.2) is 14.6 Å². The molecule has 0 saturated heterocycles. The number of thiazole rings is 1. The van der Waals surface area contributed by atoms with Gasteiger partial charge in [0.25, 0.3) is 5.56 Å². The Morgan fingerprint density at radius 2 is 1.97 bits per heavy atom. The van der Waals surface area contributed by atoms with Crippen molar-refractivity contribution in [1.82, 2.24) is 29.6 Å². The van der Waals surface area contributed by atoms with Gasteiger partial charge in [-0.05, 0) is 29.8 Å². The molecule has 0 aliphatic rings. The van der Waals surface area contributed by atoms with Crippen molar-refractivity contribution in [3.05, 3.63) is 82.5 Å². The monoisotopic (exact) mass is 544 g/mol. The Kier molecular flexibility index (Phi) is 6.98. The highest BCUT2D eigenvalue weighted by molar-refractivity contribution is 8.01. The number of alkyl halides is 3. The summed E-state index contributed by atoms with van der Waals surface area (Å²) in [5, 5.41) is 7.25. The maximum atomic E-state index is 13.0. The zero-order chi connectivity index (χ0) is 26.0. The molecule has 2 aromatic carbocycles. The largest absolute Gasteiger partial charge is 0.416 e. The third-order valence-electron chi connectivity index (χ3n) is 5.48. The summed E-state index contributed by atoms with van der Waals surface area (Å²) in [7, 11) is 0. The first-order chi connectivity index (χ1) is 17.8. The molecule has 5 aromatic rings. The van der Waals surface area contributed by atoms with E-state index in [0.717, 1.165) is 26.7 Å². The lowest BCUT2D eigenvalue weighted by Crippen LogP contribution is -2.29. The lowest BCUT2D eigenvalue weighted by atomic mass is 10.1. The van der Waals surface area contributed by atoms with Crippen LogP contribution in [0.3, 0.4) is 0 Å². The van der Waals surface area contributed by atoms with E-state index in [1.807, 2.05) is 24.3 Å². The number of rotatable bonds is 8. The number of halogens is 3. The van der Waals surface area contributed by atoms with E-state index < -0.39 is 17.3 Å². The average Bonchev–Trinajstić information content (AvgIpc) is 3.48. The Labute approximate surface area is 216 Å². The van der Waals surface area contributed by atoms with Gasteiger partial charge in [0, 0.05) is 6.54 Å². The van der Waals surface area contributed by atoms with Gasteiger partial charge in [-0.3, -0.25) is 14.2 Å². The van der Waals surface area contributed by atoms with Gasteiger partial charge in [0.2, 0.25) is 5.91 Å². The third-order valence-corrected chi connectivity index (χ3v) is 7.66. The summed E-state index contributed by atoms with van der Waals surface area (Å²) in [5.74, 6) is 0.0650. The molecule has 0 bridgehead atoms. The number of carbonyl (C=O) groups is 1. The number of hydrogen-bond acceptors (Lipinski definition) is 7. The number of nitrogens with one attached hydrogen (secondary N) is 1. The Hall–Kier alpha value is -3.71. The Balaban J connectivity index is 1.18. The van der Waals surface area contributed by atoms with Crippen LogP contribution in [0.2, 0.25) is 0 Å². The molecule has 190 valence electrons. The molecule has 3 heterocycles. The van der Waals surface area contributed by atoms with Gasteiger partial charge in [-0.15, -0.1) is 11.3 Å². The summed E-state index contributed by atoms with van der Waals surface area (Å²) in [6.45, 7) is 0.523. The van der Waals surface area contributed by atoms with Gasteiger partial charge in [0.05, 0.1) is 40.8 Å². The molecule has 1 N–H and O–H groups in total. The lowest BCUT2D eigenvalue weighted by Gasteiger charge is -2.10. The number of para-hydroxylation sites is 1. The van der Waals surface area contributed by atoms with E-state index in [2.05, 4.69) is 20.4 Å². The molecule has 0 aliphatic carbocycles. The predicted octanol–water partition coefficient (Wildman–Crippen LogP) is 4.18. The van der Waals surface area contributed by atoms with Gasteiger partial charge in [-0.2, -0.15) is 18.3 Å². The fourth-order valence-electron chi connectivity index (χ4n) is 3.71. The summed E-state index contributed by atoms with van der Waals surface area (Å²) in [6.07, 6.45) is -1.80. The minimum Gasteiger partial charge on any atom is -0.354 e. The van der Waals surface area contributed by atoms with Crippen molar-refractivity contribution in [2.24, 2.45) is 0 Å². The van der Waals surface area contributed by atoms with E-state index in [-0.39, 0.29) is 30.1 Å². The molecule has 0 spiro atoms. The van der Waals surface area contributed by atoms with Crippen molar-refractivity contribution < 1.29 is 18.0 Å². The molecule has 0 saturated carbocycles. The molecule has 8 nitrogen and oxygen atoms in total. The van der Waals surface area contributed by atoms with Crippen molar-refractivity contribution >= 4 is 50.3 Å². The highest BCUT2D eigenvalue weighted by Gasteiger charge is 2.30. The number of nitrogens with zero attached hydrogens (tertiary/aromatic N) is 5. The van der Waals surface area contributed by atoms with E-state index >= 15 is 0 Å². The molecule has 0 unspecified atom stereocenters. The van der Waals surface area contributed by atoms with Crippen LogP contribution in [0.15, 0.2) is 70.2 Å². The number of carbonyl (C=O) groups excluding carboxylic acids is 1. The summed E-state index contributed by atoms with van der Waals surface area (Å²) in [5.41, 5.74) is 0.382. The molecule has 0 aliphatic heterocycles. The summed E-state index contributed by atoms with van der Waals surface area (Å²) < 4.78 is 43.6. The molecule has 5 rings (SSSR count). The molecule has 37 heavy (non-hydrogen) atoms. The Bertz CT molecular complexity index is 1610. The van der Waals surface area contributed by atoms with Gasteiger partial charge in [0.1, 0.15) is 11.7 Å². The summed E-state index contributed by atoms with van der Waals surface area (Å²) >= 11 is 2.90. The molecule has 3 aromatic heterocycles. The van der Waals surface area contributed by atoms with Crippen LogP contribution in [-0.2, 0) is 24.1 Å². The van der Waals surface area contributed by atoms with E-state index in [1.165, 1.54) is 57.0 Å². The quantitative estimate of drug-likeness (QED) is 0.295. The number of amides is 1. The number of fused-ring (bicyclic) bond motifs is 2. The molecule has 0 atom stereocenters. The van der Waals surface area contributed by atoms with Gasteiger partial charge in [-0.1, -0.05) is 36.0 Å². The van der Waals surface area contributed by atoms with E-state index in [1.54, 1.807) is 0 Å². The second kappa shape index (κ2) is 10.3. The van der Waals surface area contributed by atoms with Crippen molar-refractivity contribution in [2.75, 3.05) is 12.3 Å². The average molecular weight is 545 g/mol. The second-order valence-corrected chi connectivity index (χ2v) is 10.3. The van der Waals surface area contributed by atoms with Crippen LogP contribution in [0.1, 0.15) is 11.1 Å². The van der Waals surface area contributed by atoms with Crippen LogP contribution in [0, 0.1) is 0 Å². The number of benzene rings is 2. The van der Waals surface area contributed by atoms with E-state index in [4.69, 9.17) is 0 Å². The summed E-state index contributed by atoms with van der Waals surface area (Å²) in [6, 6.07) is 12.6. The van der Waals surface area contributed by atoms with Crippen LogP contribution in [0.4, 0.5) is 13.2 Å². The topological polar surface area (TPSA) is 94.7 Å². The van der Waals surface area contributed by atoms with Gasteiger partial charge in [0.15, 0.2) is 9.99 Å². The zero-order valence-electron chi connectivity index (χ0n) is 19.1. The van der Waals surface area contributed by atoms with Crippen LogP contribution < -0.4 is 10.9 Å². The number of aromatic nitrogens is 5. The van der Waals surface area contributed by atoms with Crippen molar-refractivity contribution in [3.63, 3.8) is 0 Å². The van der Waals surface area contributed by atoms with Crippen molar-refractivity contribution in [1.29, 1.82) is 0 Å². The van der Waals surface area contributed by atoms with Crippen molar-refractivity contribution in [3.8, 4) is 0 Å². The lowest BCUT2D eigenvalue weighted by molar-refractivity contribution is -0.137. The molecule has 0 fully saturated rings. The highest BCUT2D eigenvalue weighted by atomic mass is 32.2. The van der Waals surface area contributed by atoms with Crippen molar-refractivity contribution in [2.45, 2.75) is 23.6 Å². The normalized spacial score (nSPS) is 11.9. The Morgan fingerprint density at radius 3 is 2.78 bits per heavy atom. The number of thioether (sulfide) groups is 1. The van der Waals surface area contributed by atoms with Crippen LogP contribution >= 0.6 is 23.1 Å². The predicted molar refractivity (Wildman–Crippen MR) is 136 cm³/mol. The first kappa shape index (κ1) is 25.0. The van der Waals surface area contributed by atoms with Crippen LogP contribution in [0.25, 0.3) is 21.3 Å². The highest BCUT2D eigenvalue weighted by Crippen LogP contribution is 2.30. The molecule has 13 heteroatoms. The minimum absolute atomic E-state index is 0.0563. The maximum absolute atomic E-state index is 13.0. The summed E-state index contributed by atoms with van der Waals surface area (Å²) in [4.78, 5) is 33.9. The fraction of sp³-hybridized carbons (Fsp3) is 0.208. The molecular weight excluding hydrogens is 525 g/mol. The van der Waals surface area contributed by atoms with E-state index in [9.17, 15) is 22.8 Å². The molecule has 0 radical (unpaired) electrons. The molecule has 1 amide bonds. The smallest absolute Gasteiger partial charge is 0.354 e. The maximum Gasteiger partial charge on any atom is 0.416 e. The van der Waals surface area contributed by atoms with E-state index in [0.29, 0.717) is 17.8 Å². The fourth-order valence-corrected chi connectivity index (χ4v) is 5.61. The Morgan fingerprint density at radius 1 is 1.14 bits per heavy atom. The zero-order valence-corrected chi connectivity index (χ0v) is 20.7.